The number of nitrogens with two attached hydrogens (primary N) is 1. The fourth-order valence-corrected chi connectivity index (χ4v) is 2.51. The zero-order valence-electron chi connectivity index (χ0n) is 14.4. The number of ether oxygens (including phenoxy) is 1. The maximum Gasteiger partial charge on any atom is 0.409 e. The van der Waals surface area contributed by atoms with Crippen LogP contribution in [0.5, 0.6) is 0 Å². The number of aromatic nitrogens is 1. The molecular formula is C16H26N4O4. The minimum Gasteiger partial charge on any atom is -0.450 e. The molecule has 8 heteroatoms. The summed E-state index contributed by atoms with van der Waals surface area (Å²) in [5.41, 5.74) is 6.20. The molecule has 24 heavy (non-hydrogen) atoms. The van der Waals surface area contributed by atoms with Gasteiger partial charge in [-0.1, -0.05) is 13.8 Å². The van der Waals surface area contributed by atoms with Crippen molar-refractivity contribution in [3.05, 3.63) is 17.8 Å². The number of nitrogens with zero attached hydrogens (tertiary/aromatic N) is 2. The first-order chi connectivity index (χ1) is 11.4. The summed E-state index contributed by atoms with van der Waals surface area (Å²) in [4.78, 5) is 29.7. The molecule has 0 saturated carbocycles. The molecular weight excluding hydrogens is 312 g/mol. The van der Waals surface area contributed by atoms with Gasteiger partial charge in [0.25, 0.3) is 5.91 Å². The fraction of sp³-hybridized carbons (Fsp3) is 0.688. The molecule has 1 saturated heterocycles. The van der Waals surface area contributed by atoms with Crippen molar-refractivity contribution in [2.75, 3.05) is 19.7 Å². The van der Waals surface area contributed by atoms with Crippen LogP contribution in [0.2, 0.25) is 0 Å². The van der Waals surface area contributed by atoms with E-state index < -0.39 is 0 Å². The highest BCUT2D eigenvalue weighted by Crippen LogP contribution is 2.18. The average molecular weight is 338 g/mol. The standard InChI is InChI=1S/C16H26N4O4/c1-4-23-16(22)20-7-5-11(6-8-20)18-14(21)12-9-24-15(19-12)13(17)10(2)3/h9-11,13H,4-8,17H2,1-3H3,(H,18,21). The van der Waals surface area contributed by atoms with Crippen LogP contribution in [0.1, 0.15) is 56.0 Å². The maximum absolute atomic E-state index is 12.3. The summed E-state index contributed by atoms with van der Waals surface area (Å²) in [6.07, 6.45) is 2.40. The van der Waals surface area contributed by atoms with E-state index in [0.29, 0.717) is 38.4 Å². The number of amides is 2. The minimum absolute atomic E-state index is 0.00194. The monoisotopic (exact) mass is 338 g/mol. The number of carbonyl (C=O) groups excluding carboxylic acids is 2. The van der Waals surface area contributed by atoms with Crippen LogP contribution >= 0.6 is 0 Å². The van der Waals surface area contributed by atoms with Gasteiger partial charge in [-0.15, -0.1) is 0 Å². The molecule has 134 valence electrons. The van der Waals surface area contributed by atoms with Crippen molar-refractivity contribution >= 4 is 12.0 Å². The van der Waals surface area contributed by atoms with Crippen molar-refractivity contribution in [1.82, 2.24) is 15.2 Å². The van der Waals surface area contributed by atoms with Gasteiger partial charge < -0.3 is 25.1 Å². The molecule has 1 aromatic heterocycles. The Balaban J connectivity index is 1.84. The number of hydrogen-bond donors (Lipinski definition) is 2. The number of carbonyl (C=O) groups is 2. The predicted molar refractivity (Wildman–Crippen MR) is 87.4 cm³/mol. The Hall–Kier alpha value is -2.09. The molecule has 0 aromatic carbocycles. The lowest BCUT2D eigenvalue weighted by molar-refractivity contribution is 0.0856. The van der Waals surface area contributed by atoms with Gasteiger partial charge in [0, 0.05) is 19.1 Å². The van der Waals surface area contributed by atoms with Crippen molar-refractivity contribution in [1.29, 1.82) is 0 Å². The van der Waals surface area contributed by atoms with Crippen LogP contribution < -0.4 is 11.1 Å². The molecule has 1 unspecified atom stereocenters. The molecule has 1 atom stereocenters. The number of rotatable bonds is 5. The highest BCUT2D eigenvalue weighted by atomic mass is 16.6. The largest absolute Gasteiger partial charge is 0.450 e. The van der Waals surface area contributed by atoms with E-state index in [4.69, 9.17) is 14.9 Å². The molecule has 2 heterocycles. The van der Waals surface area contributed by atoms with E-state index in [2.05, 4.69) is 10.3 Å². The summed E-state index contributed by atoms with van der Waals surface area (Å²) in [5, 5.41) is 2.93. The van der Waals surface area contributed by atoms with Gasteiger partial charge in [0.2, 0.25) is 5.89 Å². The second-order valence-electron chi connectivity index (χ2n) is 6.27. The zero-order valence-corrected chi connectivity index (χ0v) is 14.4. The molecule has 0 aliphatic carbocycles. The fourth-order valence-electron chi connectivity index (χ4n) is 2.51. The zero-order chi connectivity index (χ0) is 17.7. The molecule has 8 nitrogen and oxygen atoms in total. The number of piperidine rings is 1. The van der Waals surface area contributed by atoms with E-state index in [9.17, 15) is 9.59 Å². The van der Waals surface area contributed by atoms with Crippen molar-refractivity contribution in [2.24, 2.45) is 11.7 Å². The second kappa shape index (κ2) is 8.14. The van der Waals surface area contributed by atoms with Gasteiger partial charge in [-0.05, 0) is 25.7 Å². The first-order valence-corrected chi connectivity index (χ1v) is 8.36. The van der Waals surface area contributed by atoms with E-state index >= 15 is 0 Å². The van der Waals surface area contributed by atoms with Crippen LogP contribution in [-0.4, -0.2) is 47.6 Å². The van der Waals surface area contributed by atoms with Crippen LogP contribution in [0, 0.1) is 5.92 Å². The van der Waals surface area contributed by atoms with Gasteiger partial charge in [0.15, 0.2) is 5.69 Å². The third-order valence-electron chi connectivity index (χ3n) is 4.11. The highest BCUT2D eigenvalue weighted by molar-refractivity contribution is 5.92. The average Bonchev–Trinajstić information content (AvgIpc) is 3.05. The van der Waals surface area contributed by atoms with Gasteiger partial charge in [-0.3, -0.25) is 4.79 Å². The summed E-state index contributed by atoms with van der Waals surface area (Å²) in [7, 11) is 0. The van der Waals surface area contributed by atoms with Crippen molar-refractivity contribution in [2.45, 2.75) is 45.7 Å². The van der Waals surface area contributed by atoms with Crippen molar-refractivity contribution < 1.29 is 18.7 Å². The summed E-state index contributed by atoms with van der Waals surface area (Å²) in [6, 6.07) is -0.332. The number of oxazole rings is 1. The molecule has 1 aromatic rings. The van der Waals surface area contributed by atoms with Crippen LogP contribution in [-0.2, 0) is 4.74 Å². The van der Waals surface area contributed by atoms with Gasteiger partial charge in [0.1, 0.15) is 6.26 Å². The summed E-state index contributed by atoms with van der Waals surface area (Å²) in [6.45, 7) is 7.20. The van der Waals surface area contributed by atoms with E-state index in [-0.39, 0.29) is 35.7 Å². The molecule has 1 aliphatic rings. The first kappa shape index (κ1) is 18.3. The molecule has 1 aliphatic heterocycles. The molecule has 0 bridgehead atoms. The van der Waals surface area contributed by atoms with E-state index in [1.165, 1.54) is 6.26 Å². The van der Waals surface area contributed by atoms with E-state index in [1.54, 1.807) is 11.8 Å². The summed E-state index contributed by atoms with van der Waals surface area (Å²) < 4.78 is 10.3. The van der Waals surface area contributed by atoms with Gasteiger partial charge in [0.05, 0.1) is 12.6 Å². The normalized spacial score (nSPS) is 17.0. The number of nitrogens with one attached hydrogen (secondary N) is 1. The number of likely N-dealkylation sites (tertiary alicyclic amines) is 1. The summed E-state index contributed by atoms with van der Waals surface area (Å²) in [5.74, 6) is 0.259. The lowest BCUT2D eigenvalue weighted by Crippen LogP contribution is -2.46. The van der Waals surface area contributed by atoms with Crippen molar-refractivity contribution in [3.63, 3.8) is 0 Å². The maximum atomic E-state index is 12.3. The Bertz CT molecular complexity index is 564. The van der Waals surface area contributed by atoms with Crippen molar-refractivity contribution in [3.8, 4) is 0 Å². The minimum atomic E-state index is -0.334. The predicted octanol–water partition coefficient (Wildman–Crippen LogP) is 1.68. The van der Waals surface area contributed by atoms with Crippen LogP contribution in [0.15, 0.2) is 10.7 Å². The van der Waals surface area contributed by atoms with Gasteiger partial charge >= 0.3 is 6.09 Å². The lowest BCUT2D eigenvalue weighted by Gasteiger charge is -2.31. The topological polar surface area (TPSA) is 111 Å². The van der Waals surface area contributed by atoms with E-state index in [1.807, 2.05) is 13.8 Å². The third-order valence-corrected chi connectivity index (χ3v) is 4.11. The van der Waals surface area contributed by atoms with Gasteiger partial charge in [-0.25, -0.2) is 9.78 Å². The lowest BCUT2D eigenvalue weighted by atomic mass is 10.1. The second-order valence-corrected chi connectivity index (χ2v) is 6.27. The smallest absolute Gasteiger partial charge is 0.409 e. The Kier molecular flexibility index (Phi) is 6.19. The summed E-state index contributed by atoms with van der Waals surface area (Å²) >= 11 is 0. The first-order valence-electron chi connectivity index (χ1n) is 8.36. The molecule has 2 amide bonds. The molecule has 3 N–H and O–H groups in total. The van der Waals surface area contributed by atoms with Gasteiger partial charge in [-0.2, -0.15) is 0 Å². The molecule has 1 fully saturated rings. The Morgan fingerprint density at radius 2 is 2.12 bits per heavy atom. The van der Waals surface area contributed by atoms with Crippen LogP contribution in [0.25, 0.3) is 0 Å². The van der Waals surface area contributed by atoms with Crippen LogP contribution in [0.3, 0.4) is 0 Å². The third kappa shape index (κ3) is 4.47. The highest BCUT2D eigenvalue weighted by Gasteiger charge is 2.26. The number of hydrogen-bond acceptors (Lipinski definition) is 6. The SMILES string of the molecule is CCOC(=O)N1CCC(NC(=O)c2coc(C(N)C(C)C)n2)CC1. The Morgan fingerprint density at radius 3 is 2.71 bits per heavy atom. The molecule has 0 spiro atoms. The quantitative estimate of drug-likeness (QED) is 0.845. The van der Waals surface area contributed by atoms with Crippen LogP contribution in [0.4, 0.5) is 4.79 Å². The molecule has 2 rings (SSSR count). The Morgan fingerprint density at radius 1 is 1.46 bits per heavy atom. The Labute approximate surface area is 141 Å². The molecule has 0 radical (unpaired) electrons. The van der Waals surface area contributed by atoms with E-state index in [0.717, 1.165) is 0 Å².